The van der Waals surface area contributed by atoms with Crippen molar-refractivity contribution < 1.29 is 4.79 Å². The molecule has 1 N–H and O–H groups in total. The summed E-state index contributed by atoms with van der Waals surface area (Å²) < 4.78 is 3.44. The summed E-state index contributed by atoms with van der Waals surface area (Å²) in [5.41, 5.74) is 6.17. The van der Waals surface area contributed by atoms with Crippen LogP contribution in [0.25, 0.3) is 17.0 Å². The Morgan fingerprint density at radius 2 is 1.74 bits per heavy atom. The molecule has 1 fully saturated rings. The Hall–Kier alpha value is -3.91. The molecule has 1 amide bonds. The first-order valence-corrected chi connectivity index (χ1v) is 12.1. The van der Waals surface area contributed by atoms with Crippen LogP contribution in [0.15, 0.2) is 63.2 Å². The van der Waals surface area contributed by atoms with Crippen molar-refractivity contribution in [3.63, 3.8) is 0 Å². The van der Waals surface area contributed by atoms with Gasteiger partial charge >= 0.3 is 0 Å². The lowest BCUT2D eigenvalue weighted by Crippen LogP contribution is -2.30. The lowest BCUT2D eigenvalue weighted by atomic mass is 10.1. The summed E-state index contributed by atoms with van der Waals surface area (Å²) in [7, 11) is 0. The summed E-state index contributed by atoms with van der Waals surface area (Å²) in [5.74, 6) is 0.398. The maximum Gasteiger partial charge on any atom is 0.280 e. The highest BCUT2D eigenvalue weighted by Gasteiger charge is 2.25. The summed E-state index contributed by atoms with van der Waals surface area (Å²) in [5, 5.41) is 3.97. The highest BCUT2D eigenvalue weighted by molar-refractivity contribution is 8.18. The van der Waals surface area contributed by atoms with Gasteiger partial charge in [0, 0.05) is 11.4 Å². The summed E-state index contributed by atoms with van der Waals surface area (Å²) >= 11 is 1.31. The molecule has 0 radical (unpaired) electrons. The van der Waals surface area contributed by atoms with E-state index in [1.54, 1.807) is 10.7 Å². The molecule has 0 saturated carbocycles. The molecular weight excluding hydrogens is 458 g/mol. The molecule has 1 aliphatic rings. The highest BCUT2D eigenvalue weighted by atomic mass is 32.2. The molecule has 0 bridgehead atoms. The largest absolute Gasteiger partial charge is 0.300 e. The van der Waals surface area contributed by atoms with Crippen molar-refractivity contribution in [1.29, 1.82) is 0 Å². The average Bonchev–Trinajstić information content (AvgIpc) is 3.30. The van der Waals surface area contributed by atoms with E-state index in [0.29, 0.717) is 26.8 Å². The second kappa shape index (κ2) is 8.70. The number of carbonyl (C=O) groups is 1. The fourth-order valence-electron chi connectivity index (χ4n) is 4.29. The second-order valence-electron chi connectivity index (χ2n) is 8.63. The topological polar surface area (TPSA) is 81.3 Å². The maximum atomic E-state index is 13.3. The minimum Gasteiger partial charge on any atom is -0.300 e. The first-order chi connectivity index (χ1) is 16.7. The Kier molecular flexibility index (Phi) is 5.68. The number of aryl methyl sites for hydroxylation is 3. The summed E-state index contributed by atoms with van der Waals surface area (Å²) in [6, 6.07) is 15.2. The van der Waals surface area contributed by atoms with Crippen LogP contribution in [0.3, 0.4) is 0 Å². The van der Waals surface area contributed by atoms with E-state index in [1.165, 1.54) is 11.8 Å². The van der Waals surface area contributed by atoms with E-state index in [1.807, 2.05) is 87.8 Å². The number of para-hydroxylation sites is 1. The number of hydrogen-bond acceptors (Lipinski definition) is 5. The predicted octanol–water partition coefficient (Wildman–Crippen LogP) is 4.94. The third-order valence-corrected chi connectivity index (χ3v) is 7.19. The zero-order valence-electron chi connectivity index (χ0n) is 20.2. The first-order valence-electron chi connectivity index (χ1n) is 11.3. The zero-order valence-corrected chi connectivity index (χ0v) is 21.0. The molecule has 1 aliphatic heterocycles. The van der Waals surface area contributed by atoms with Gasteiger partial charge in [-0.2, -0.15) is 4.68 Å². The Morgan fingerprint density at radius 1 is 0.971 bits per heavy atom. The van der Waals surface area contributed by atoms with Gasteiger partial charge in [0.25, 0.3) is 11.5 Å². The molecule has 0 spiro atoms. The number of nitrogens with one attached hydrogen (secondary N) is 1. The van der Waals surface area contributed by atoms with Crippen LogP contribution in [0.1, 0.15) is 33.9 Å². The summed E-state index contributed by atoms with van der Waals surface area (Å²) in [4.78, 5) is 35.9. The van der Waals surface area contributed by atoms with E-state index in [-0.39, 0.29) is 11.5 Å². The fraction of sp³-hybridized carbons (Fsp3) is 0.185. The molecule has 3 heterocycles. The number of nitrogens with zero attached hydrogens (tertiary/aromatic N) is 4. The SMILES string of the molecule is Cc1cccc(N=C2NC(=O)C(=Cc3cc(C)n(-n4c(C)nc5ccccc5c4=O)c3C)S2)c1C. The van der Waals surface area contributed by atoms with E-state index in [2.05, 4.69) is 15.3 Å². The number of rotatable bonds is 3. The Labute approximate surface area is 207 Å². The lowest BCUT2D eigenvalue weighted by molar-refractivity contribution is -0.115. The van der Waals surface area contributed by atoms with Gasteiger partial charge in [-0.25, -0.2) is 9.98 Å². The molecular formula is C27H25N5O2S. The number of fused-ring (bicyclic) bond motifs is 1. The molecule has 2 aromatic heterocycles. The van der Waals surface area contributed by atoms with Crippen molar-refractivity contribution in [3.05, 3.63) is 97.7 Å². The van der Waals surface area contributed by atoms with Crippen LogP contribution < -0.4 is 10.9 Å². The Balaban J connectivity index is 1.54. The van der Waals surface area contributed by atoms with Crippen molar-refractivity contribution >= 4 is 45.5 Å². The molecule has 8 heteroatoms. The molecule has 2 aromatic carbocycles. The molecule has 0 atom stereocenters. The molecule has 0 aliphatic carbocycles. The number of benzene rings is 2. The molecule has 1 saturated heterocycles. The number of carbonyl (C=O) groups excluding carboxylic acids is 1. The number of hydrogen-bond donors (Lipinski definition) is 1. The van der Waals surface area contributed by atoms with Crippen molar-refractivity contribution in [2.24, 2.45) is 4.99 Å². The minimum atomic E-state index is -0.190. The van der Waals surface area contributed by atoms with Gasteiger partial charge in [0.05, 0.1) is 21.5 Å². The van der Waals surface area contributed by atoms with Gasteiger partial charge in [-0.3, -0.25) is 14.3 Å². The fourth-order valence-corrected chi connectivity index (χ4v) is 5.12. The van der Waals surface area contributed by atoms with E-state index in [4.69, 9.17) is 0 Å². The summed E-state index contributed by atoms with van der Waals surface area (Å²) in [6.45, 7) is 9.75. The molecule has 7 nitrogen and oxygen atoms in total. The quantitative estimate of drug-likeness (QED) is 0.419. The van der Waals surface area contributed by atoms with E-state index in [9.17, 15) is 9.59 Å². The maximum absolute atomic E-state index is 13.3. The molecule has 5 rings (SSSR count). The van der Waals surface area contributed by atoms with Gasteiger partial charge in [-0.15, -0.1) is 0 Å². The predicted molar refractivity (Wildman–Crippen MR) is 142 cm³/mol. The van der Waals surface area contributed by atoms with Crippen LogP contribution in [-0.4, -0.2) is 25.4 Å². The third kappa shape index (κ3) is 4.00. The van der Waals surface area contributed by atoms with E-state index in [0.717, 1.165) is 33.8 Å². The van der Waals surface area contributed by atoms with Crippen LogP contribution in [0.4, 0.5) is 5.69 Å². The summed E-state index contributed by atoms with van der Waals surface area (Å²) in [6.07, 6.45) is 1.85. The number of amidine groups is 1. The normalized spacial score (nSPS) is 16.0. The van der Waals surface area contributed by atoms with Gasteiger partial charge in [0.15, 0.2) is 5.17 Å². The van der Waals surface area contributed by atoms with Gasteiger partial charge in [-0.1, -0.05) is 24.3 Å². The standard InChI is InChI=1S/C27H25N5O2S/c1-15-9-8-12-22(17(15)3)29-27-30-25(33)24(35-27)14-20-13-16(2)31(18(20)4)32-19(5)28-23-11-7-6-10-21(23)26(32)34/h6-14H,1-5H3,(H,29,30,33). The molecule has 176 valence electrons. The van der Waals surface area contributed by atoms with Gasteiger partial charge in [-0.05, 0) is 93.4 Å². The van der Waals surface area contributed by atoms with Crippen LogP contribution >= 0.6 is 11.8 Å². The second-order valence-corrected chi connectivity index (χ2v) is 9.66. The van der Waals surface area contributed by atoms with Crippen molar-refractivity contribution in [2.75, 3.05) is 0 Å². The molecule has 0 unspecified atom stereocenters. The van der Waals surface area contributed by atoms with E-state index >= 15 is 0 Å². The van der Waals surface area contributed by atoms with Crippen molar-refractivity contribution in [3.8, 4) is 0 Å². The highest BCUT2D eigenvalue weighted by Crippen LogP contribution is 2.31. The van der Waals surface area contributed by atoms with Gasteiger partial charge in [0.2, 0.25) is 0 Å². The lowest BCUT2D eigenvalue weighted by Gasteiger charge is -2.16. The number of aliphatic imine (C=N–C) groups is 1. The van der Waals surface area contributed by atoms with Crippen LogP contribution in [-0.2, 0) is 4.79 Å². The van der Waals surface area contributed by atoms with Crippen LogP contribution in [0.5, 0.6) is 0 Å². The number of aromatic nitrogens is 3. The van der Waals surface area contributed by atoms with Crippen molar-refractivity contribution in [1.82, 2.24) is 19.7 Å². The van der Waals surface area contributed by atoms with Gasteiger partial charge < -0.3 is 5.32 Å². The van der Waals surface area contributed by atoms with Gasteiger partial charge in [0.1, 0.15) is 5.82 Å². The smallest absolute Gasteiger partial charge is 0.280 e. The first kappa shape index (κ1) is 22.9. The third-order valence-electron chi connectivity index (χ3n) is 6.29. The van der Waals surface area contributed by atoms with Crippen LogP contribution in [0.2, 0.25) is 0 Å². The monoisotopic (exact) mass is 483 g/mol. The van der Waals surface area contributed by atoms with Crippen LogP contribution in [0, 0.1) is 34.6 Å². The molecule has 35 heavy (non-hydrogen) atoms. The average molecular weight is 484 g/mol. The zero-order chi connectivity index (χ0) is 24.9. The number of thioether (sulfide) groups is 1. The van der Waals surface area contributed by atoms with E-state index < -0.39 is 0 Å². The minimum absolute atomic E-state index is 0.134. The Morgan fingerprint density at radius 3 is 2.54 bits per heavy atom. The number of amides is 1. The Bertz CT molecular complexity index is 1640. The molecule has 4 aromatic rings. The van der Waals surface area contributed by atoms with Crippen molar-refractivity contribution in [2.45, 2.75) is 34.6 Å².